The molecule has 0 saturated carbocycles. The molecule has 0 aliphatic heterocycles. The molecule has 0 aliphatic rings. The normalized spacial score (nSPS) is 11.4. The Bertz CT molecular complexity index is 771. The van der Waals surface area contributed by atoms with Crippen LogP contribution in [0.25, 0.3) is 22.2 Å². The molecule has 0 saturated heterocycles. The lowest BCUT2D eigenvalue weighted by molar-refractivity contribution is 0.393. The molecule has 98 valence electrons. The Hall–Kier alpha value is -1.69. The number of nitrogens with zero attached hydrogens (tertiary/aromatic N) is 3. The van der Waals surface area contributed by atoms with Crippen LogP contribution in [0, 0.1) is 19.7 Å². The quantitative estimate of drug-likeness (QED) is 0.685. The van der Waals surface area contributed by atoms with Gasteiger partial charge in [-0.3, -0.25) is 4.68 Å². The third-order valence-corrected chi connectivity index (χ3v) is 3.77. The van der Waals surface area contributed by atoms with Gasteiger partial charge in [0, 0.05) is 18.5 Å². The molecule has 2 aromatic heterocycles. The lowest BCUT2D eigenvalue weighted by Gasteiger charge is -1.98. The Morgan fingerprint density at radius 2 is 2.05 bits per heavy atom. The molecule has 3 aromatic rings. The third kappa shape index (κ3) is 1.78. The van der Waals surface area contributed by atoms with Gasteiger partial charge in [0.1, 0.15) is 17.3 Å². The zero-order valence-corrected chi connectivity index (χ0v) is 12.2. The molecule has 0 radical (unpaired) electrons. The largest absolute Gasteiger partial charge is 0.361 e. The maximum Gasteiger partial charge on any atom is 0.143 e. The minimum absolute atomic E-state index is 0.305. The molecule has 0 amide bonds. The minimum atomic E-state index is -0.305. The van der Waals surface area contributed by atoms with Crippen LogP contribution in [0.3, 0.4) is 0 Å². The molecule has 0 atom stereocenters. The number of hydrogen-bond acceptors (Lipinski definition) is 3. The van der Waals surface area contributed by atoms with Crippen molar-refractivity contribution in [1.82, 2.24) is 14.9 Å². The minimum Gasteiger partial charge on any atom is -0.361 e. The number of aromatic nitrogens is 3. The summed E-state index contributed by atoms with van der Waals surface area (Å²) in [5.41, 5.74) is 3.13. The van der Waals surface area contributed by atoms with Gasteiger partial charge in [-0.05, 0) is 35.8 Å². The molecule has 4 nitrogen and oxygen atoms in total. The van der Waals surface area contributed by atoms with Crippen LogP contribution in [0.2, 0.25) is 0 Å². The Morgan fingerprint density at radius 3 is 2.68 bits per heavy atom. The Morgan fingerprint density at radius 1 is 1.32 bits per heavy atom. The summed E-state index contributed by atoms with van der Waals surface area (Å²) in [5, 5.41) is 9.27. The Balaban J connectivity index is 2.40. The monoisotopic (exact) mass is 323 g/mol. The predicted molar refractivity (Wildman–Crippen MR) is 73.3 cm³/mol. The predicted octanol–water partition coefficient (Wildman–Crippen LogP) is 3.75. The molecule has 0 bridgehead atoms. The van der Waals surface area contributed by atoms with E-state index in [9.17, 15) is 4.39 Å². The van der Waals surface area contributed by atoms with Crippen molar-refractivity contribution in [3.8, 4) is 11.3 Å². The number of benzene rings is 1. The summed E-state index contributed by atoms with van der Waals surface area (Å²) in [7, 11) is 1.79. The number of aryl methyl sites for hydroxylation is 3. The maximum absolute atomic E-state index is 13.6. The van der Waals surface area contributed by atoms with E-state index in [4.69, 9.17) is 4.52 Å². The van der Waals surface area contributed by atoms with E-state index in [0.717, 1.165) is 27.9 Å². The fourth-order valence-corrected chi connectivity index (χ4v) is 2.60. The molecule has 0 fully saturated rings. The highest BCUT2D eigenvalue weighted by Gasteiger charge is 2.19. The number of fused-ring (bicyclic) bond motifs is 1. The van der Waals surface area contributed by atoms with E-state index in [1.807, 2.05) is 13.8 Å². The van der Waals surface area contributed by atoms with Crippen LogP contribution in [0.1, 0.15) is 11.5 Å². The zero-order chi connectivity index (χ0) is 13.7. The highest BCUT2D eigenvalue weighted by molar-refractivity contribution is 9.10. The molecule has 6 heteroatoms. The van der Waals surface area contributed by atoms with E-state index in [2.05, 4.69) is 26.2 Å². The van der Waals surface area contributed by atoms with Crippen molar-refractivity contribution in [2.45, 2.75) is 13.8 Å². The van der Waals surface area contributed by atoms with Gasteiger partial charge >= 0.3 is 0 Å². The van der Waals surface area contributed by atoms with Crippen molar-refractivity contribution in [1.29, 1.82) is 0 Å². The summed E-state index contributed by atoms with van der Waals surface area (Å²) in [5.74, 6) is 0.402. The first-order valence-corrected chi connectivity index (χ1v) is 6.53. The number of halogens is 2. The van der Waals surface area contributed by atoms with Crippen LogP contribution in [0.4, 0.5) is 4.39 Å². The fourth-order valence-electron chi connectivity index (χ4n) is 2.26. The van der Waals surface area contributed by atoms with Crippen LogP contribution in [-0.4, -0.2) is 14.9 Å². The molecular formula is C13H11BrFN3O. The first-order chi connectivity index (χ1) is 8.99. The smallest absolute Gasteiger partial charge is 0.143 e. The fraction of sp³-hybridized carbons (Fsp3) is 0.231. The van der Waals surface area contributed by atoms with Gasteiger partial charge in [0.25, 0.3) is 0 Å². The summed E-state index contributed by atoms with van der Waals surface area (Å²) in [6.07, 6.45) is 0. The second kappa shape index (κ2) is 4.16. The van der Waals surface area contributed by atoms with Crippen LogP contribution >= 0.6 is 15.9 Å². The van der Waals surface area contributed by atoms with E-state index >= 15 is 0 Å². The van der Waals surface area contributed by atoms with Gasteiger partial charge in [-0.25, -0.2) is 4.39 Å². The molecule has 1 aromatic carbocycles. The van der Waals surface area contributed by atoms with Crippen molar-refractivity contribution in [2.24, 2.45) is 7.05 Å². The summed E-state index contributed by atoms with van der Waals surface area (Å²) >= 11 is 3.21. The van der Waals surface area contributed by atoms with Crippen molar-refractivity contribution in [3.05, 3.63) is 33.9 Å². The lowest BCUT2D eigenvalue weighted by Crippen LogP contribution is -1.90. The SMILES string of the molecule is Cc1noc(C)c1-c1nn(C)c2cc(F)c(Br)cc12. The second-order valence-electron chi connectivity index (χ2n) is 4.45. The molecule has 0 N–H and O–H groups in total. The van der Waals surface area contributed by atoms with Crippen molar-refractivity contribution >= 4 is 26.8 Å². The van der Waals surface area contributed by atoms with Gasteiger partial charge in [0.15, 0.2) is 0 Å². The summed E-state index contributed by atoms with van der Waals surface area (Å²) < 4.78 is 20.9. The molecule has 0 aliphatic carbocycles. The van der Waals surface area contributed by atoms with E-state index in [-0.39, 0.29) is 5.82 Å². The number of rotatable bonds is 1. The van der Waals surface area contributed by atoms with Gasteiger partial charge in [0.05, 0.1) is 21.2 Å². The van der Waals surface area contributed by atoms with Gasteiger partial charge in [-0.15, -0.1) is 0 Å². The number of hydrogen-bond donors (Lipinski definition) is 0. The van der Waals surface area contributed by atoms with E-state index < -0.39 is 0 Å². The molecular weight excluding hydrogens is 313 g/mol. The second-order valence-corrected chi connectivity index (χ2v) is 5.31. The lowest BCUT2D eigenvalue weighted by atomic mass is 10.1. The van der Waals surface area contributed by atoms with E-state index in [0.29, 0.717) is 10.2 Å². The van der Waals surface area contributed by atoms with Gasteiger partial charge in [-0.1, -0.05) is 5.16 Å². The first kappa shape index (κ1) is 12.3. The average Bonchev–Trinajstić information content (AvgIpc) is 2.83. The molecule has 2 heterocycles. The summed E-state index contributed by atoms with van der Waals surface area (Å²) in [4.78, 5) is 0. The average molecular weight is 324 g/mol. The highest BCUT2D eigenvalue weighted by Crippen LogP contribution is 2.34. The van der Waals surface area contributed by atoms with Crippen molar-refractivity contribution in [3.63, 3.8) is 0 Å². The first-order valence-electron chi connectivity index (χ1n) is 5.74. The van der Waals surface area contributed by atoms with E-state index in [1.165, 1.54) is 6.07 Å². The molecule has 3 rings (SSSR count). The van der Waals surface area contributed by atoms with Gasteiger partial charge < -0.3 is 4.52 Å². The van der Waals surface area contributed by atoms with Crippen LogP contribution < -0.4 is 0 Å². The Labute approximate surface area is 117 Å². The highest BCUT2D eigenvalue weighted by atomic mass is 79.9. The van der Waals surface area contributed by atoms with E-state index in [1.54, 1.807) is 17.8 Å². The Kier molecular flexibility index (Phi) is 2.70. The molecule has 19 heavy (non-hydrogen) atoms. The van der Waals surface area contributed by atoms with Crippen LogP contribution in [0.15, 0.2) is 21.1 Å². The zero-order valence-electron chi connectivity index (χ0n) is 10.7. The van der Waals surface area contributed by atoms with Crippen molar-refractivity contribution < 1.29 is 8.91 Å². The third-order valence-electron chi connectivity index (χ3n) is 3.16. The summed E-state index contributed by atoms with van der Waals surface area (Å²) in [6, 6.07) is 3.20. The molecule has 0 spiro atoms. The van der Waals surface area contributed by atoms with Crippen molar-refractivity contribution in [2.75, 3.05) is 0 Å². The standard InChI is InChI=1S/C13H11BrFN3O/c1-6-12(7(2)19-17-6)13-8-4-9(14)10(15)5-11(8)18(3)16-13/h4-5H,1-3H3. The summed E-state index contributed by atoms with van der Waals surface area (Å²) in [6.45, 7) is 3.71. The molecule has 0 unspecified atom stereocenters. The maximum atomic E-state index is 13.6. The van der Waals surface area contributed by atoms with Gasteiger partial charge in [0.2, 0.25) is 0 Å². The van der Waals surface area contributed by atoms with Crippen LogP contribution in [0.5, 0.6) is 0 Å². The topological polar surface area (TPSA) is 43.9 Å². The van der Waals surface area contributed by atoms with Crippen LogP contribution in [-0.2, 0) is 7.05 Å². The van der Waals surface area contributed by atoms with Gasteiger partial charge in [-0.2, -0.15) is 5.10 Å².